The van der Waals surface area contributed by atoms with Crippen molar-refractivity contribution in [1.29, 1.82) is 0 Å². The third kappa shape index (κ3) is 5.94. The number of hydrogen-bond donors (Lipinski definition) is 1. The normalized spacial score (nSPS) is 16.9. The van der Waals surface area contributed by atoms with Crippen LogP contribution < -0.4 is 5.32 Å². The maximum absolute atomic E-state index is 12.4. The van der Waals surface area contributed by atoms with Crippen LogP contribution in [0.4, 0.5) is 0 Å². The zero-order chi connectivity index (χ0) is 21.5. The van der Waals surface area contributed by atoms with Crippen molar-refractivity contribution in [3.63, 3.8) is 0 Å². The first kappa shape index (κ1) is 21.5. The number of nitrogens with one attached hydrogen (secondary N) is 1. The average Bonchev–Trinajstić information content (AvgIpc) is 3.26. The predicted molar refractivity (Wildman–Crippen MR) is 121 cm³/mol. The Bertz CT molecular complexity index is 994. The van der Waals surface area contributed by atoms with Crippen LogP contribution in [0.1, 0.15) is 11.1 Å². The molecule has 1 saturated heterocycles. The molecule has 4 rings (SSSR count). The fraction of sp³-hybridized carbons (Fsp3) is 0.348. The number of nitrogens with zero attached hydrogens (tertiary/aromatic N) is 4. The summed E-state index contributed by atoms with van der Waals surface area (Å²) < 4.78 is 7.76. The van der Waals surface area contributed by atoms with Gasteiger partial charge in [-0.25, -0.2) is 0 Å². The largest absolute Gasteiger partial charge is 0.374 e. The van der Waals surface area contributed by atoms with Gasteiger partial charge in [-0.15, -0.1) is 10.2 Å². The van der Waals surface area contributed by atoms with Crippen LogP contribution in [0.25, 0.3) is 5.69 Å². The first-order valence-electron chi connectivity index (χ1n) is 10.4. The molecule has 0 spiro atoms. The molecule has 31 heavy (non-hydrogen) atoms. The molecule has 2 heterocycles. The molecule has 8 heteroatoms. The molecule has 0 saturated carbocycles. The van der Waals surface area contributed by atoms with Gasteiger partial charge in [0.15, 0.2) is 5.16 Å². The van der Waals surface area contributed by atoms with Gasteiger partial charge in [-0.1, -0.05) is 60.3 Å². The second-order valence-electron chi connectivity index (χ2n) is 7.58. The highest BCUT2D eigenvalue weighted by Crippen LogP contribution is 2.21. The van der Waals surface area contributed by atoms with Crippen molar-refractivity contribution in [2.24, 2.45) is 0 Å². The molecule has 0 radical (unpaired) electrons. The van der Waals surface area contributed by atoms with Gasteiger partial charge in [0.05, 0.1) is 24.2 Å². The van der Waals surface area contributed by atoms with Gasteiger partial charge in [-0.2, -0.15) is 0 Å². The lowest BCUT2D eigenvalue weighted by Gasteiger charge is -2.33. The molecule has 1 aliphatic heterocycles. The van der Waals surface area contributed by atoms with E-state index in [1.165, 1.54) is 17.3 Å². The molecule has 0 unspecified atom stereocenters. The average molecular weight is 438 g/mol. The fourth-order valence-electron chi connectivity index (χ4n) is 3.62. The maximum Gasteiger partial charge on any atom is 0.230 e. The lowest BCUT2D eigenvalue weighted by atomic mass is 10.2. The topological polar surface area (TPSA) is 72.3 Å². The van der Waals surface area contributed by atoms with Crippen molar-refractivity contribution in [3.05, 3.63) is 72.1 Å². The van der Waals surface area contributed by atoms with Crippen molar-refractivity contribution >= 4 is 17.7 Å². The highest BCUT2D eigenvalue weighted by Gasteiger charge is 2.21. The van der Waals surface area contributed by atoms with E-state index >= 15 is 0 Å². The number of ether oxygens (including phenoxy) is 1. The molecule has 162 valence electrons. The molecule has 2 aromatic carbocycles. The Morgan fingerprint density at radius 3 is 2.84 bits per heavy atom. The van der Waals surface area contributed by atoms with Crippen molar-refractivity contribution in [2.45, 2.75) is 24.7 Å². The van der Waals surface area contributed by atoms with E-state index in [2.05, 4.69) is 44.7 Å². The molecule has 3 aromatic rings. The first-order valence-corrected chi connectivity index (χ1v) is 11.4. The minimum Gasteiger partial charge on any atom is -0.374 e. The summed E-state index contributed by atoms with van der Waals surface area (Å²) in [6.07, 6.45) is 1.68. The van der Waals surface area contributed by atoms with Crippen molar-refractivity contribution in [3.8, 4) is 5.69 Å². The summed E-state index contributed by atoms with van der Waals surface area (Å²) in [4.78, 5) is 14.8. The van der Waals surface area contributed by atoms with Gasteiger partial charge in [0, 0.05) is 26.2 Å². The maximum atomic E-state index is 12.4. The second kappa shape index (κ2) is 10.6. The van der Waals surface area contributed by atoms with Crippen LogP contribution in [-0.2, 0) is 16.1 Å². The third-order valence-corrected chi connectivity index (χ3v) is 6.17. The van der Waals surface area contributed by atoms with E-state index in [0.29, 0.717) is 18.3 Å². The summed E-state index contributed by atoms with van der Waals surface area (Å²) in [6, 6.07) is 18.5. The Balaban J connectivity index is 1.24. The number of carbonyl (C=O) groups excluding carboxylic acids is 1. The van der Waals surface area contributed by atoms with Crippen molar-refractivity contribution < 1.29 is 9.53 Å². The summed E-state index contributed by atoms with van der Waals surface area (Å²) in [6.45, 7) is 5.85. The molecule has 0 bridgehead atoms. The molecular formula is C23H27N5O2S. The summed E-state index contributed by atoms with van der Waals surface area (Å²) in [5, 5.41) is 11.9. The zero-order valence-corrected chi connectivity index (χ0v) is 18.4. The van der Waals surface area contributed by atoms with E-state index in [1.54, 1.807) is 6.33 Å². The van der Waals surface area contributed by atoms with E-state index in [9.17, 15) is 4.79 Å². The van der Waals surface area contributed by atoms with E-state index in [4.69, 9.17) is 4.74 Å². The first-order chi connectivity index (χ1) is 15.2. The van der Waals surface area contributed by atoms with Crippen LogP contribution >= 0.6 is 11.8 Å². The quantitative estimate of drug-likeness (QED) is 0.547. The second-order valence-corrected chi connectivity index (χ2v) is 8.52. The Morgan fingerprint density at radius 1 is 1.19 bits per heavy atom. The number of aryl methyl sites for hydroxylation is 1. The lowest BCUT2D eigenvalue weighted by Crippen LogP contribution is -2.47. The molecule has 1 aromatic heterocycles. The Morgan fingerprint density at radius 2 is 2.00 bits per heavy atom. The van der Waals surface area contributed by atoms with Crippen LogP contribution in [0.5, 0.6) is 0 Å². The SMILES string of the molecule is Cc1ccccc1-n1cnnc1SCC(=O)NC[C@@H]1CN(Cc2ccccc2)CCO1. The van der Waals surface area contributed by atoms with Crippen LogP contribution in [0.3, 0.4) is 0 Å². The molecule has 1 fully saturated rings. The van der Waals surface area contributed by atoms with Gasteiger partial charge >= 0.3 is 0 Å². The number of para-hydroxylation sites is 1. The summed E-state index contributed by atoms with van der Waals surface area (Å²) >= 11 is 1.38. The molecule has 1 N–H and O–H groups in total. The van der Waals surface area contributed by atoms with E-state index in [1.807, 2.05) is 41.8 Å². The number of rotatable bonds is 8. The molecule has 0 aliphatic carbocycles. The lowest BCUT2D eigenvalue weighted by molar-refractivity contribution is -0.119. The molecule has 1 aliphatic rings. The number of carbonyl (C=O) groups is 1. The van der Waals surface area contributed by atoms with Gasteiger partial charge in [0.1, 0.15) is 6.33 Å². The van der Waals surface area contributed by atoms with Gasteiger partial charge in [-0.3, -0.25) is 14.3 Å². The summed E-state index contributed by atoms with van der Waals surface area (Å²) in [5.41, 5.74) is 3.44. The number of morpholine rings is 1. The predicted octanol–water partition coefficient (Wildman–Crippen LogP) is 2.69. The van der Waals surface area contributed by atoms with Crippen LogP contribution in [-0.4, -0.2) is 63.7 Å². The van der Waals surface area contributed by atoms with Crippen LogP contribution in [0.15, 0.2) is 66.1 Å². The standard InChI is InChI=1S/C23H27N5O2S/c1-18-7-5-6-10-21(18)28-17-25-26-23(28)31-16-22(29)24-13-20-15-27(11-12-30-20)14-19-8-3-2-4-9-19/h2-10,17,20H,11-16H2,1H3,(H,24,29)/t20-/m1/s1. The van der Waals surface area contributed by atoms with Crippen molar-refractivity contribution in [2.75, 3.05) is 32.0 Å². The highest BCUT2D eigenvalue weighted by molar-refractivity contribution is 7.99. The van der Waals surface area contributed by atoms with Crippen LogP contribution in [0.2, 0.25) is 0 Å². The van der Waals surface area contributed by atoms with Gasteiger partial charge in [0.25, 0.3) is 0 Å². The number of thioether (sulfide) groups is 1. The number of aromatic nitrogens is 3. The molecule has 7 nitrogen and oxygen atoms in total. The number of benzene rings is 2. The van der Waals surface area contributed by atoms with E-state index < -0.39 is 0 Å². The minimum atomic E-state index is -0.0342. The van der Waals surface area contributed by atoms with E-state index in [0.717, 1.165) is 30.9 Å². The Hall–Kier alpha value is -2.68. The van der Waals surface area contributed by atoms with Crippen LogP contribution in [0, 0.1) is 6.92 Å². The van der Waals surface area contributed by atoms with Gasteiger partial charge < -0.3 is 10.1 Å². The fourth-order valence-corrected chi connectivity index (χ4v) is 4.37. The smallest absolute Gasteiger partial charge is 0.230 e. The molecule has 1 amide bonds. The summed E-state index contributed by atoms with van der Waals surface area (Å²) in [7, 11) is 0. The van der Waals surface area contributed by atoms with Gasteiger partial charge in [-0.05, 0) is 24.1 Å². The monoisotopic (exact) mass is 437 g/mol. The summed E-state index contributed by atoms with van der Waals surface area (Å²) in [5.74, 6) is 0.249. The van der Waals surface area contributed by atoms with Crippen molar-refractivity contribution in [1.82, 2.24) is 25.0 Å². The number of hydrogen-bond acceptors (Lipinski definition) is 6. The molecular weight excluding hydrogens is 410 g/mol. The third-order valence-electron chi connectivity index (χ3n) is 5.22. The Kier molecular flexibility index (Phi) is 7.35. The zero-order valence-electron chi connectivity index (χ0n) is 17.6. The van der Waals surface area contributed by atoms with E-state index in [-0.39, 0.29) is 17.8 Å². The highest BCUT2D eigenvalue weighted by atomic mass is 32.2. The number of amides is 1. The molecule has 1 atom stereocenters. The minimum absolute atomic E-state index is 0.00188. The van der Waals surface area contributed by atoms with Gasteiger partial charge in [0.2, 0.25) is 5.91 Å². The Labute approximate surface area is 186 Å².